The van der Waals surface area contributed by atoms with E-state index in [0.29, 0.717) is 5.57 Å². The first kappa shape index (κ1) is 10.7. The number of esters is 2. The van der Waals surface area contributed by atoms with Gasteiger partial charge in [-0.25, -0.2) is 4.79 Å². The Balaban J connectivity index is 2.18. The van der Waals surface area contributed by atoms with Crippen molar-refractivity contribution in [3.05, 3.63) is 35.3 Å². The molecule has 2 rings (SSSR count). The Morgan fingerprint density at radius 3 is 2.69 bits per heavy atom. The highest BCUT2D eigenvalue weighted by molar-refractivity contribution is 6.05. The number of allylic oxidation sites excluding steroid dienone is 1. The number of hydrogen-bond acceptors (Lipinski definition) is 4. The third-order valence-electron chi connectivity index (χ3n) is 2.53. The average Bonchev–Trinajstić information content (AvgIpc) is 2.74. The van der Waals surface area contributed by atoms with Gasteiger partial charge in [-0.3, -0.25) is 4.79 Å². The number of aryl methyl sites for hydroxylation is 1. The molecule has 1 aliphatic rings. The zero-order valence-corrected chi connectivity index (χ0v) is 9.15. The number of rotatable bonds is 2. The molecule has 1 aromatic heterocycles. The van der Waals surface area contributed by atoms with E-state index in [0.717, 1.165) is 11.3 Å². The fourth-order valence-electron chi connectivity index (χ4n) is 1.66. The molecule has 1 unspecified atom stereocenters. The van der Waals surface area contributed by atoms with Gasteiger partial charge < -0.3 is 9.15 Å². The predicted molar refractivity (Wildman–Crippen MR) is 55.7 cm³/mol. The highest BCUT2D eigenvalue weighted by Crippen LogP contribution is 2.24. The molecule has 0 spiro atoms. The van der Waals surface area contributed by atoms with Gasteiger partial charge in [0, 0.05) is 11.5 Å². The molecule has 0 aliphatic carbocycles. The van der Waals surface area contributed by atoms with E-state index in [2.05, 4.69) is 4.74 Å². The topological polar surface area (TPSA) is 56.5 Å². The van der Waals surface area contributed by atoms with Gasteiger partial charge in [0.1, 0.15) is 5.76 Å². The standard InChI is InChI=1S/C12H12O4/c1-7(10-4-8(2)15-6-10)3-9-5-11(13)16-12(9)14/h3-4,6-7H,5H2,1-2H3. The van der Waals surface area contributed by atoms with Crippen LogP contribution in [0.15, 0.2) is 28.4 Å². The van der Waals surface area contributed by atoms with Crippen LogP contribution in [0.5, 0.6) is 0 Å². The molecule has 1 atom stereocenters. The summed E-state index contributed by atoms with van der Waals surface area (Å²) in [5.41, 5.74) is 1.41. The normalized spacial score (nSPS) is 20.2. The van der Waals surface area contributed by atoms with E-state index in [1.54, 1.807) is 12.3 Å². The summed E-state index contributed by atoms with van der Waals surface area (Å²) >= 11 is 0. The van der Waals surface area contributed by atoms with E-state index in [9.17, 15) is 9.59 Å². The van der Waals surface area contributed by atoms with Crippen LogP contribution < -0.4 is 0 Å². The smallest absolute Gasteiger partial charge is 0.341 e. The molecule has 0 saturated carbocycles. The van der Waals surface area contributed by atoms with Crippen LogP contribution in [-0.4, -0.2) is 11.9 Å². The van der Waals surface area contributed by atoms with E-state index < -0.39 is 11.9 Å². The van der Waals surface area contributed by atoms with Crippen molar-refractivity contribution in [3.63, 3.8) is 0 Å². The van der Waals surface area contributed by atoms with E-state index in [1.807, 2.05) is 19.9 Å². The van der Waals surface area contributed by atoms with E-state index in [-0.39, 0.29) is 12.3 Å². The average molecular weight is 220 g/mol. The lowest BCUT2D eigenvalue weighted by molar-refractivity contribution is -0.151. The fourth-order valence-corrected chi connectivity index (χ4v) is 1.66. The first-order valence-corrected chi connectivity index (χ1v) is 5.07. The quantitative estimate of drug-likeness (QED) is 0.435. The summed E-state index contributed by atoms with van der Waals surface area (Å²) in [5, 5.41) is 0. The number of ether oxygens (including phenoxy) is 1. The molecule has 0 radical (unpaired) electrons. The first-order chi connectivity index (χ1) is 7.56. The molecule has 0 bridgehead atoms. The lowest BCUT2D eigenvalue weighted by atomic mass is 10.0. The number of furan rings is 1. The van der Waals surface area contributed by atoms with Gasteiger partial charge in [-0.2, -0.15) is 0 Å². The minimum Gasteiger partial charge on any atom is -0.469 e. The Bertz CT molecular complexity index is 467. The molecule has 0 aromatic carbocycles. The summed E-state index contributed by atoms with van der Waals surface area (Å²) in [5.74, 6) is -0.153. The lowest BCUT2D eigenvalue weighted by Crippen LogP contribution is -1.98. The summed E-state index contributed by atoms with van der Waals surface area (Å²) in [7, 11) is 0. The van der Waals surface area contributed by atoms with Crippen molar-refractivity contribution < 1.29 is 18.7 Å². The Kier molecular flexibility index (Phi) is 2.64. The maximum atomic E-state index is 11.2. The van der Waals surface area contributed by atoms with Gasteiger partial charge in [-0.1, -0.05) is 13.0 Å². The minimum absolute atomic E-state index is 0.0332. The van der Waals surface area contributed by atoms with Crippen molar-refractivity contribution in [1.82, 2.24) is 0 Å². The van der Waals surface area contributed by atoms with Crippen molar-refractivity contribution in [1.29, 1.82) is 0 Å². The second kappa shape index (κ2) is 3.96. The molecule has 1 aromatic rings. The Morgan fingerprint density at radius 1 is 1.44 bits per heavy atom. The first-order valence-electron chi connectivity index (χ1n) is 5.07. The van der Waals surface area contributed by atoms with Crippen LogP contribution in [0, 0.1) is 6.92 Å². The molecule has 16 heavy (non-hydrogen) atoms. The molecule has 0 N–H and O–H groups in total. The van der Waals surface area contributed by atoms with Crippen molar-refractivity contribution in [2.45, 2.75) is 26.2 Å². The van der Waals surface area contributed by atoms with Crippen LogP contribution in [0.1, 0.15) is 30.6 Å². The fraction of sp³-hybridized carbons (Fsp3) is 0.333. The van der Waals surface area contributed by atoms with Crippen molar-refractivity contribution in [2.24, 2.45) is 0 Å². The van der Waals surface area contributed by atoms with Gasteiger partial charge in [-0.15, -0.1) is 0 Å². The number of carbonyl (C=O) groups is 2. The molecular formula is C12H12O4. The van der Waals surface area contributed by atoms with Crippen LogP contribution in [0.25, 0.3) is 0 Å². The van der Waals surface area contributed by atoms with Crippen LogP contribution in [0.3, 0.4) is 0 Å². The molecule has 1 aliphatic heterocycles. The minimum atomic E-state index is -0.530. The van der Waals surface area contributed by atoms with Gasteiger partial charge in [0.25, 0.3) is 0 Å². The van der Waals surface area contributed by atoms with E-state index in [4.69, 9.17) is 4.42 Å². The van der Waals surface area contributed by atoms with Crippen molar-refractivity contribution in [2.75, 3.05) is 0 Å². The van der Waals surface area contributed by atoms with E-state index in [1.165, 1.54) is 0 Å². The number of cyclic esters (lactones) is 2. The Hall–Kier alpha value is -1.84. The monoisotopic (exact) mass is 220 g/mol. The zero-order chi connectivity index (χ0) is 11.7. The summed E-state index contributed by atoms with van der Waals surface area (Å²) in [4.78, 5) is 22.1. The third-order valence-corrected chi connectivity index (χ3v) is 2.53. The predicted octanol–water partition coefficient (Wildman–Crippen LogP) is 2.09. The molecule has 4 nitrogen and oxygen atoms in total. The van der Waals surface area contributed by atoms with Gasteiger partial charge >= 0.3 is 11.9 Å². The van der Waals surface area contributed by atoms with Crippen LogP contribution >= 0.6 is 0 Å². The third kappa shape index (κ3) is 2.05. The summed E-state index contributed by atoms with van der Waals surface area (Å²) in [6, 6.07) is 1.91. The highest BCUT2D eigenvalue weighted by Gasteiger charge is 2.27. The van der Waals surface area contributed by atoms with Crippen molar-refractivity contribution >= 4 is 11.9 Å². The van der Waals surface area contributed by atoms with Crippen LogP contribution in [0.2, 0.25) is 0 Å². The molecule has 4 heteroatoms. The Labute approximate surface area is 92.9 Å². The van der Waals surface area contributed by atoms with Crippen LogP contribution in [0.4, 0.5) is 0 Å². The summed E-state index contributed by atoms with van der Waals surface area (Å²) in [6.07, 6.45) is 3.47. The molecule has 0 amide bonds. The lowest BCUT2D eigenvalue weighted by Gasteiger charge is -2.02. The summed E-state index contributed by atoms with van der Waals surface area (Å²) < 4.78 is 9.63. The van der Waals surface area contributed by atoms with Crippen molar-refractivity contribution in [3.8, 4) is 0 Å². The van der Waals surface area contributed by atoms with E-state index >= 15 is 0 Å². The SMILES string of the molecule is Cc1cc(C(C)C=C2CC(=O)OC2=O)co1. The largest absolute Gasteiger partial charge is 0.469 e. The maximum Gasteiger partial charge on any atom is 0.341 e. The zero-order valence-electron chi connectivity index (χ0n) is 9.15. The second-order valence-corrected chi connectivity index (χ2v) is 3.91. The molecule has 84 valence electrons. The van der Waals surface area contributed by atoms with Crippen LogP contribution in [-0.2, 0) is 14.3 Å². The number of hydrogen-bond donors (Lipinski definition) is 0. The van der Waals surface area contributed by atoms with Gasteiger partial charge in [0.05, 0.1) is 12.7 Å². The Morgan fingerprint density at radius 2 is 2.19 bits per heavy atom. The number of carbonyl (C=O) groups excluding carboxylic acids is 2. The summed E-state index contributed by atoms with van der Waals surface area (Å²) in [6.45, 7) is 3.80. The van der Waals surface area contributed by atoms with Gasteiger partial charge in [0.15, 0.2) is 0 Å². The second-order valence-electron chi connectivity index (χ2n) is 3.91. The molecule has 1 saturated heterocycles. The van der Waals surface area contributed by atoms with Gasteiger partial charge in [0.2, 0.25) is 0 Å². The molecule has 1 fully saturated rings. The molecular weight excluding hydrogens is 208 g/mol. The maximum absolute atomic E-state index is 11.2. The molecule has 2 heterocycles. The highest BCUT2D eigenvalue weighted by atomic mass is 16.6. The van der Waals surface area contributed by atoms with Gasteiger partial charge in [-0.05, 0) is 18.6 Å².